The first-order chi connectivity index (χ1) is 17.4. The molecule has 1 N–H and O–H groups in total. The minimum atomic E-state index is -4.11. The van der Waals surface area contributed by atoms with Gasteiger partial charge in [-0.25, -0.2) is 8.42 Å². The number of sulfonamides is 1. The van der Waals surface area contributed by atoms with Crippen LogP contribution in [-0.2, 0) is 26.2 Å². The number of hydrogen-bond donors (Lipinski definition) is 1. The number of benzene rings is 3. The summed E-state index contributed by atoms with van der Waals surface area (Å²) in [5.74, 6) is -0.886. The number of anilines is 1. The molecule has 9 heteroatoms. The minimum Gasteiger partial charge on any atom is -0.357 e. The quantitative estimate of drug-likeness (QED) is 0.428. The van der Waals surface area contributed by atoms with Gasteiger partial charge in [-0.05, 0) is 74.7 Å². The van der Waals surface area contributed by atoms with Gasteiger partial charge in [0.1, 0.15) is 12.6 Å². The van der Waals surface area contributed by atoms with Crippen LogP contribution in [0.15, 0.2) is 71.6 Å². The average Bonchev–Trinajstić information content (AvgIpc) is 2.86. The molecule has 3 rings (SSSR count). The van der Waals surface area contributed by atoms with Gasteiger partial charge in [-0.2, -0.15) is 0 Å². The van der Waals surface area contributed by atoms with E-state index >= 15 is 0 Å². The molecule has 3 aromatic rings. The zero-order valence-corrected chi connectivity index (χ0v) is 23.2. The van der Waals surface area contributed by atoms with Gasteiger partial charge in [0.05, 0.1) is 10.6 Å². The van der Waals surface area contributed by atoms with Gasteiger partial charge in [0.25, 0.3) is 10.0 Å². The summed E-state index contributed by atoms with van der Waals surface area (Å²) in [6, 6.07) is 18.1. The van der Waals surface area contributed by atoms with Crippen LogP contribution in [0.5, 0.6) is 0 Å². The normalized spacial score (nSPS) is 12.1. The second kappa shape index (κ2) is 11.8. The van der Waals surface area contributed by atoms with Crippen molar-refractivity contribution in [2.45, 2.75) is 45.2 Å². The van der Waals surface area contributed by atoms with E-state index in [0.29, 0.717) is 16.3 Å². The van der Waals surface area contributed by atoms with Crippen LogP contribution in [0.25, 0.3) is 0 Å². The molecule has 0 spiro atoms. The third-order valence-corrected chi connectivity index (χ3v) is 8.19. The molecule has 0 bridgehead atoms. The van der Waals surface area contributed by atoms with Crippen LogP contribution in [0.1, 0.15) is 29.2 Å². The molecule has 0 aromatic heterocycles. The third kappa shape index (κ3) is 6.70. The lowest BCUT2D eigenvalue weighted by atomic mass is 10.1. The van der Waals surface area contributed by atoms with Crippen LogP contribution in [-0.4, -0.2) is 44.8 Å². The molecule has 0 heterocycles. The molecule has 3 aromatic carbocycles. The van der Waals surface area contributed by atoms with Crippen molar-refractivity contribution in [2.75, 3.05) is 17.9 Å². The Kier molecular flexibility index (Phi) is 8.99. The largest absolute Gasteiger partial charge is 0.357 e. The van der Waals surface area contributed by atoms with E-state index in [-0.39, 0.29) is 17.3 Å². The first-order valence-electron chi connectivity index (χ1n) is 11.9. The first-order valence-corrected chi connectivity index (χ1v) is 13.7. The number of carbonyl (C=O) groups is 2. The number of amides is 2. The summed E-state index contributed by atoms with van der Waals surface area (Å²) in [5.41, 5.74) is 3.60. The monoisotopic (exact) mass is 541 g/mol. The smallest absolute Gasteiger partial charge is 0.264 e. The lowest BCUT2D eigenvalue weighted by Gasteiger charge is -2.32. The third-order valence-electron chi connectivity index (χ3n) is 6.18. The van der Waals surface area contributed by atoms with Crippen LogP contribution >= 0.6 is 11.6 Å². The number of aryl methyl sites for hydroxylation is 3. The number of rotatable bonds is 9. The van der Waals surface area contributed by atoms with E-state index in [1.165, 1.54) is 24.1 Å². The molecule has 196 valence electrons. The fourth-order valence-electron chi connectivity index (χ4n) is 3.96. The molecule has 37 heavy (non-hydrogen) atoms. The second-order valence-electron chi connectivity index (χ2n) is 9.06. The van der Waals surface area contributed by atoms with Gasteiger partial charge in [-0.3, -0.25) is 13.9 Å². The van der Waals surface area contributed by atoms with Crippen molar-refractivity contribution in [3.8, 4) is 0 Å². The predicted molar refractivity (Wildman–Crippen MR) is 147 cm³/mol. The van der Waals surface area contributed by atoms with Crippen molar-refractivity contribution < 1.29 is 18.0 Å². The molecule has 1 atom stereocenters. The van der Waals surface area contributed by atoms with Crippen molar-refractivity contribution in [1.82, 2.24) is 10.2 Å². The fraction of sp³-hybridized carbons (Fsp3) is 0.286. The Morgan fingerprint density at radius 1 is 0.946 bits per heavy atom. The molecule has 0 aliphatic rings. The summed E-state index contributed by atoms with van der Waals surface area (Å²) in [5, 5.41) is 3.07. The van der Waals surface area contributed by atoms with E-state index in [0.717, 1.165) is 21.0 Å². The van der Waals surface area contributed by atoms with Crippen molar-refractivity contribution >= 4 is 39.1 Å². The number of nitrogens with one attached hydrogen (secondary N) is 1. The van der Waals surface area contributed by atoms with Gasteiger partial charge in [0, 0.05) is 18.6 Å². The Balaban J connectivity index is 2.08. The van der Waals surface area contributed by atoms with E-state index in [9.17, 15) is 18.0 Å². The predicted octanol–water partition coefficient (Wildman–Crippen LogP) is 4.62. The summed E-state index contributed by atoms with van der Waals surface area (Å²) < 4.78 is 28.9. The van der Waals surface area contributed by atoms with E-state index in [2.05, 4.69) is 5.32 Å². The standard InChI is InChI=1S/C28H32ClN3O4S/c1-19-10-13-25(14-11-19)37(35,36)32(26-15-20(2)9-12-21(26)3)18-27(33)31(22(4)28(34)30-5)17-23-7-6-8-24(29)16-23/h6-16,22H,17-18H2,1-5H3,(H,30,34). The molecule has 0 saturated heterocycles. The summed E-state index contributed by atoms with van der Waals surface area (Å²) in [7, 11) is -2.61. The Morgan fingerprint density at radius 2 is 1.59 bits per heavy atom. The van der Waals surface area contributed by atoms with E-state index in [1.54, 1.807) is 56.3 Å². The maximum absolute atomic E-state index is 13.9. The maximum atomic E-state index is 13.9. The fourth-order valence-corrected chi connectivity index (χ4v) is 5.65. The summed E-state index contributed by atoms with van der Waals surface area (Å²) in [6.45, 7) is 6.74. The van der Waals surface area contributed by atoms with Crippen molar-refractivity contribution in [3.63, 3.8) is 0 Å². The number of likely N-dealkylation sites (N-methyl/N-ethyl adjacent to an activating group) is 1. The Hall–Kier alpha value is -3.36. The highest BCUT2D eigenvalue weighted by atomic mass is 35.5. The SMILES string of the molecule is CNC(=O)C(C)N(Cc1cccc(Cl)c1)C(=O)CN(c1cc(C)ccc1C)S(=O)(=O)c1ccc(C)cc1. The Labute approximate surface area is 224 Å². The molecule has 0 aliphatic carbocycles. The second-order valence-corrected chi connectivity index (χ2v) is 11.4. The van der Waals surface area contributed by atoms with Crippen LogP contribution in [0.2, 0.25) is 5.02 Å². The molecule has 0 aliphatic heterocycles. The highest BCUT2D eigenvalue weighted by Crippen LogP contribution is 2.29. The molecular weight excluding hydrogens is 510 g/mol. The van der Waals surface area contributed by atoms with Crippen molar-refractivity contribution in [2.24, 2.45) is 0 Å². The van der Waals surface area contributed by atoms with Gasteiger partial charge in [0.15, 0.2) is 0 Å². The van der Waals surface area contributed by atoms with Gasteiger partial charge in [-0.15, -0.1) is 0 Å². The molecule has 0 fully saturated rings. The average molecular weight is 542 g/mol. The van der Waals surface area contributed by atoms with E-state index in [4.69, 9.17) is 11.6 Å². The van der Waals surface area contributed by atoms with E-state index in [1.807, 2.05) is 26.0 Å². The minimum absolute atomic E-state index is 0.0764. The van der Waals surface area contributed by atoms with Crippen LogP contribution in [0.3, 0.4) is 0 Å². The lowest BCUT2D eigenvalue weighted by molar-refractivity contribution is -0.139. The molecule has 0 saturated carbocycles. The molecule has 2 amide bonds. The van der Waals surface area contributed by atoms with Gasteiger partial charge >= 0.3 is 0 Å². The summed E-state index contributed by atoms with van der Waals surface area (Å²) in [4.78, 5) is 27.8. The number of carbonyl (C=O) groups excluding carboxylic acids is 2. The van der Waals surface area contributed by atoms with E-state index < -0.39 is 28.5 Å². The van der Waals surface area contributed by atoms with Crippen LogP contribution < -0.4 is 9.62 Å². The Morgan fingerprint density at radius 3 is 2.22 bits per heavy atom. The first kappa shape index (κ1) is 28.2. The number of hydrogen-bond acceptors (Lipinski definition) is 4. The van der Waals surface area contributed by atoms with Gasteiger partial charge < -0.3 is 10.2 Å². The van der Waals surface area contributed by atoms with Crippen molar-refractivity contribution in [1.29, 1.82) is 0 Å². The summed E-state index contributed by atoms with van der Waals surface area (Å²) >= 11 is 6.14. The van der Waals surface area contributed by atoms with Gasteiger partial charge in [-0.1, -0.05) is 53.6 Å². The molecule has 1 unspecified atom stereocenters. The van der Waals surface area contributed by atoms with Crippen LogP contribution in [0.4, 0.5) is 5.69 Å². The molecule has 7 nitrogen and oxygen atoms in total. The summed E-state index contributed by atoms with van der Waals surface area (Å²) in [6.07, 6.45) is 0. The highest BCUT2D eigenvalue weighted by Gasteiger charge is 2.33. The van der Waals surface area contributed by atoms with Crippen LogP contribution in [0, 0.1) is 20.8 Å². The lowest BCUT2D eigenvalue weighted by Crippen LogP contribution is -2.50. The number of nitrogens with zero attached hydrogens (tertiary/aromatic N) is 2. The Bertz CT molecular complexity index is 1390. The molecule has 0 radical (unpaired) electrons. The topological polar surface area (TPSA) is 86.8 Å². The van der Waals surface area contributed by atoms with Gasteiger partial charge in [0.2, 0.25) is 11.8 Å². The maximum Gasteiger partial charge on any atom is 0.264 e. The zero-order valence-electron chi connectivity index (χ0n) is 21.7. The molecular formula is C28H32ClN3O4S. The van der Waals surface area contributed by atoms with Crippen molar-refractivity contribution in [3.05, 3.63) is 94.0 Å². The zero-order chi connectivity index (χ0) is 27.3. The highest BCUT2D eigenvalue weighted by molar-refractivity contribution is 7.92. The number of halogens is 1.